The van der Waals surface area contributed by atoms with Crippen molar-refractivity contribution in [3.8, 4) is 5.75 Å². The number of nitrogens with zero attached hydrogens (tertiary/aromatic N) is 2. The molecule has 144 valence electrons. The molecule has 0 bridgehead atoms. The Labute approximate surface area is 159 Å². The predicted molar refractivity (Wildman–Crippen MR) is 102 cm³/mol. The van der Waals surface area contributed by atoms with Gasteiger partial charge >= 0.3 is 0 Å². The van der Waals surface area contributed by atoms with E-state index in [9.17, 15) is 9.18 Å². The van der Waals surface area contributed by atoms with Gasteiger partial charge in [-0.25, -0.2) is 9.37 Å². The minimum Gasteiger partial charge on any atom is -0.494 e. The van der Waals surface area contributed by atoms with Crippen LogP contribution in [0.2, 0.25) is 0 Å². The fraction of sp³-hybridized carbons (Fsp3) is 0.211. The van der Waals surface area contributed by atoms with E-state index in [4.69, 9.17) is 9.47 Å². The van der Waals surface area contributed by atoms with Gasteiger partial charge in [0.05, 0.1) is 18.2 Å². The summed E-state index contributed by atoms with van der Waals surface area (Å²) >= 11 is 0. The first kappa shape index (κ1) is 17.8. The second-order valence-corrected chi connectivity index (χ2v) is 6.29. The Kier molecular flexibility index (Phi) is 4.56. The molecular weight excluding hydrogens is 365 g/mol. The summed E-state index contributed by atoms with van der Waals surface area (Å²) in [6.07, 6.45) is 0.141. The van der Waals surface area contributed by atoms with Crippen LogP contribution in [0.4, 0.5) is 10.3 Å². The van der Waals surface area contributed by atoms with Gasteiger partial charge in [0.15, 0.2) is 12.0 Å². The molecule has 9 heteroatoms. The maximum absolute atomic E-state index is 13.1. The van der Waals surface area contributed by atoms with Crippen molar-refractivity contribution in [1.82, 2.24) is 15.4 Å². The topological polar surface area (TPSA) is 101 Å². The van der Waals surface area contributed by atoms with Gasteiger partial charge in [-0.3, -0.25) is 15.5 Å². The average Bonchev–Trinajstić information content (AvgIpc) is 3.28. The Morgan fingerprint density at radius 2 is 2.07 bits per heavy atom. The summed E-state index contributed by atoms with van der Waals surface area (Å²) in [5.41, 5.74) is 5.74. The number of halogens is 1. The van der Waals surface area contributed by atoms with Crippen molar-refractivity contribution in [3.05, 3.63) is 53.3 Å². The summed E-state index contributed by atoms with van der Waals surface area (Å²) in [5.74, 6) is 0.675. The zero-order valence-electron chi connectivity index (χ0n) is 15.2. The SMILES string of the molecule is COc1c(C2=NNC(Cc3ccc(F)cc3)O2)ccc2[nH]c(NC(C)=O)nc12. The molecule has 0 radical (unpaired) electrons. The number of methoxy groups -OCH3 is 1. The first-order valence-electron chi connectivity index (χ1n) is 8.62. The van der Waals surface area contributed by atoms with Crippen LogP contribution in [0.25, 0.3) is 11.0 Å². The third-order valence-corrected chi connectivity index (χ3v) is 4.24. The lowest BCUT2D eigenvalue weighted by atomic mass is 10.1. The number of carbonyl (C=O) groups is 1. The number of carbonyl (C=O) groups excluding carboxylic acids is 1. The quantitative estimate of drug-likeness (QED) is 0.629. The van der Waals surface area contributed by atoms with E-state index in [0.29, 0.717) is 40.6 Å². The second-order valence-electron chi connectivity index (χ2n) is 6.29. The van der Waals surface area contributed by atoms with Gasteiger partial charge in [0.2, 0.25) is 17.8 Å². The molecule has 1 amide bonds. The molecule has 3 N–H and O–H groups in total. The van der Waals surface area contributed by atoms with Crippen LogP contribution in [0.15, 0.2) is 41.5 Å². The number of H-pyrrole nitrogens is 1. The summed E-state index contributed by atoms with van der Waals surface area (Å²) in [6, 6.07) is 9.85. The standard InChI is InChI=1S/C19H18FN5O3/c1-10(26)21-19-22-14-8-7-13(17(27-2)16(14)23-19)18-25-24-15(28-18)9-11-3-5-12(20)6-4-11/h3-8,15,24H,9H2,1-2H3,(H2,21,22,23,26). The highest BCUT2D eigenvalue weighted by atomic mass is 19.1. The van der Waals surface area contributed by atoms with E-state index in [-0.39, 0.29) is 18.0 Å². The maximum Gasteiger partial charge on any atom is 0.243 e. The zero-order chi connectivity index (χ0) is 19.7. The van der Waals surface area contributed by atoms with Crippen LogP contribution >= 0.6 is 0 Å². The van der Waals surface area contributed by atoms with Crippen molar-refractivity contribution in [1.29, 1.82) is 0 Å². The molecule has 0 spiro atoms. The van der Waals surface area contributed by atoms with E-state index >= 15 is 0 Å². The highest BCUT2D eigenvalue weighted by Crippen LogP contribution is 2.31. The number of nitrogens with one attached hydrogen (secondary N) is 3. The van der Waals surface area contributed by atoms with Gasteiger partial charge < -0.3 is 14.5 Å². The van der Waals surface area contributed by atoms with Crippen molar-refractivity contribution in [2.24, 2.45) is 5.10 Å². The van der Waals surface area contributed by atoms with E-state index in [2.05, 4.69) is 25.8 Å². The summed E-state index contributed by atoms with van der Waals surface area (Å²) in [5, 5.41) is 6.87. The molecule has 0 saturated carbocycles. The summed E-state index contributed by atoms with van der Waals surface area (Å²) in [6.45, 7) is 1.41. The Balaban J connectivity index is 1.56. The molecule has 1 atom stereocenters. The molecule has 1 aromatic heterocycles. The van der Waals surface area contributed by atoms with Crippen molar-refractivity contribution in [2.75, 3.05) is 12.4 Å². The number of rotatable bonds is 5. The van der Waals surface area contributed by atoms with E-state index in [1.54, 1.807) is 18.2 Å². The molecule has 4 rings (SSSR count). The second kappa shape index (κ2) is 7.18. The van der Waals surface area contributed by atoms with Crippen LogP contribution in [0, 0.1) is 5.82 Å². The third kappa shape index (κ3) is 3.46. The van der Waals surface area contributed by atoms with Gasteiger partial charge in [-0.15, -0.1) is 5.10 Å². The van der Waals surface area contributed by atoms with Crippen LogP contribution in [0.5, 0.6) is 5.75 Å². The van der Waals surface area contributed by atoms with E-state index < -0.39 is 0 Å². The van der Waals surface area contributed by atoms with Crippen molar-refractivity contribution in [3.63, 3.8) is 0 Å². The van der Waals surface area contributed by atoms with Crippen LogP contribution in [-0.2, 0) is 16.0 Å². The minimum atomic E-state index is -0.380. The Bertz CT molecular complexity index is 1060. The molecule has 1 aliphatic rings. The lowest BCUT2D eigenvalue weighted by Crippen LogP contribution is -2.24. The first-order chi connectivity index (χ1) is 13.5. The normalized spacial score (nSPS) is 15.7. The van der Waals surface area contributed by atoms with Crippen molar-refractivity contribution < 1.29 is 18.7 Å². The Morgan fingerprint density at radius 3 is 2.79 bits per heavy atom. The molecule has 1 unspecified atom stereocenters. The highest BCUT2D eigenvalue weighted by Gasteiger charge is 2.25. The van der Waals surface area contributed by atoms with E-state index in [1.165, 1.54) is 26.2 Å². The maximum atomic E-state index is 13.1. The smallest absolute Gasteiger partial charge is 0.243 e. The molecule has 8 nitrogen and oxygen atoms in total. The van der Waals surface area contributed by atoms with Gasteiger partial charge in [0.25, 0.3) is 0 Å². The molecule has 0 saturated heterocycles. The molecule has 1 aliphatic heterocycles. The van der Waals surface area contributed by atoms with Gasteiger partial charge in [-0.05, 0) is 29.8 Å². The molecule has 2 heterocycles. The average molecular weight is 383 g/mol. The molecule has 0 fully saturated rings. The number of hydrogen-bond donors (Lipinski definition) is 3. The van der Waals surface area contributed by atoms with Gasteiger partial charge in [-0.1, -0.05) is 12.1 Å². The number of anilines is 1. The van der Waals surface area contributed by atoms with Crippen LogP contribution in [-0.4, -0.2) is 35.1 Å². The zero-order valence-corrected chi connectivity index (χ0v) is 15.2. The fourth-order valence-corrected chi connectivity index (χ4v) is 3.01. The molecule has 3 aromatic rings. The van der Waals surface area contributed by atoms with Crippen LogP contribution < -0.4 is 15.5 Å². The number of amides is 1. The lowest BCUT2D eigenvalue weighted by Gasteiger charge is -2.12. The molecule has 2 aromatic carbocycles. The monoisotopic (exact) mass is 383 g/mol. The van der Waals surface area contributed by atoms with Gasteiger partial charge in [-0.2, -0.15) is 0 Å². The number of benzene rings is 2. The molecular formula is C19H18FN5O3. The number of ether oxygens (including phenoxy) is 2. The number of hydrogen-bond acceptors (Lipinski definition) is 6. The van der Waals surface area contributed by atoms with E-state index in [1.807, 2.05) is 6.07 Å². The molecule has 28 heavy (non-hydrogen) atoms. The lowest BCUT2D eigenvalue weighted by molar-refractivity contribution is -0.114. The first-order valence-corrected chi connectivity index (χ1v) is 8.62. The van der Waals surface area contributed by atoms with Crippen LogP contribution in [0.1, 0.15) is 18.1 Å². The number of fused-ring (bicyclic) bond motifs is 1. The van der Waals surface area contributed by atoms with Crippen molar-refractivity contribution in [2.45, 2.75) is 19.6 Å². The fourth-order valence-electron chi connectivity index (χ4n) is 3.01. The largest absolute Gasteiger partial charge is 0.494 e. The van der Waals surface area contributed by atoms with Crippen LogP contribution in [0.3, 0.4) is 0 Å². The van der Waals surface area contributed by atoms with E-state index in [0.717, 1.165) is 5.56 Å². The molecule has 0 aliphatic carbocycles. The number of hydrazone groups is 1. The third-order valence-electron chi connectivity index (χ3n) is 4.24. The summed E-state index contributed by atoms with van der Waals surface area (Å²) in [4.78, 5) is 18.6. The Hall–Kier alpha value is -3.62. The van der Waals surface area contributed by atoms with Gasteiger partial charge in [0.1, 0.15) is 11.3 Å². The highest BCUT2D eigenvalue weighted by molar-refractivity contribution is 6.03. The number of imidazole rings is 1. The summed E-state index contributed by atoms with van der Waals surface area (Å²) in [7, 11) is 1.53. The minimum absolute atomic E-state index is 0.227. The number of aromatic nitrogens is 2. The predicted octanol–water partition coefficient (Wildman–Crippen LogP) is 2.52. The number of aromatic amines is 1. The van der Waals surface area contributed by atoms with Crippen molar-refractivity contribution >= 4 is 28.8 Å². The Morgan fingerprint density at radius 1 is 1.29 bits per heavy atom. The van der Waals surface area contributed by atoms with Gasteiger partial charge in [0, 0.05) is 13.3 Å². The summed E-state index contributed by atoms with van der Waals surface area (Å²) < 4.78 is 24.5.